The van der Waals surface area contributed by atoms with Crippen molar-refractivity contribution in [2.45, 2.75) is 6.92 Å². The van der Waals surface area contributed by atoms with Gasteiger partial charge in [0.15, 0.2) is 11.0 Å². The molecule has 0 unspecified atom stereocenters. The van der Waals surface area contributed by atoms with E-state index in [4.69, 9.17) is 4.74 Å². The third-order valence-corrected chi connectivity index (χ3v) is 4.22. The number of H-pyrrole nitrogens is 1. The normalized spacial score (nSPS) is 15.8. The number of aryl methyl sites for hydroxylation is 1. The van der Waals surface area contributed by atoms with Crippen molar-refractivity contribution in [3.8, 4) is 10.7 Å². The predicted molar refractivity (Wildman–Crippen MR) is 74.8 cm³/mol. The number of aromatic nitrogens is 4. The molecule has 0 spiro atoms. The molecule has 0 saturated carbocycles. The van der Waals surface area contributed by atoms with Crippen LogP contribution >= 0.6 is 11.3 Å². The van der Waals surface area contributed by atoms with Crippen LogP contribution < -0.4 is 10.2 Å². The lowest BCUT2D eigenvalue weighted by atomic mass is 10.4. The van der Waals surface area contributed by atoms with Crippen LogP contribution in [0.3, 0.4) is 0 Å². The molecule has 1 aliphatic rings. The van der Waals surface area contributed by atoms with Gasteiger partial charge in [-0.05, 0) is 6.92 Å². The van der Waals surface area contributed by atoms with Gasteiger partial charge in [0.1, 0.15) is 0 Å². The monoisotopic (exact) mass is 280 g/mol. The molecule has 1 saturated heterocycles. The van der Waals surface area contributed by atoms with Gasteiger partial charge >= 0.3 is 0 Å². The zero-order chi connectivity index (χ0) is 13.2. The first-order chi connectivity index (χ1) is 9.28. The molecule has 0 aliphatic carbocycles. The highest BCUT2D eigenvalue weighted by Crippen LogP contribution is 2.33. The van der Waals surface area contributed by atoms with Gasteiger partial charge in [0.2, 0.25) is 5.95 Å². The molecule has 19 heavy (non-hydrogen) atoms. The molecule has 3 heterocycles. The average Bonchev–Trinajstić information content (AvgIpc) is 3.06. The summed E-state index contributed by atoms with van der Waals surface area (Å²) in [5, 5.41) is 10.9. The second-order valence-corrected chi connectivity index (χ2v) is 5.25. The summed E-state index contributed by atoms with van der Waals surface area (Å²) in [6, 6.07) is 0. The number of aromatic amines is 1. The third kappa shape index (κ3) is 2.41. The summed E-state index contributed by atoms with van der Waals surface area (Å²) in [6.07, 6.45) is 0. The Morgan fingerprint density at radius 1 is 1.32 bits per heavy atom. The molecule has 2 aromatic heterocycles. The van der Waals surface area contributed by atoms with E-state index in [2.05, 4.69) is 30.4 Å². The summed E-state index contributed by atoms with van der Waals surface area (Å²) >= 11 is 1.64. The summed E-state index contributed by atoms with van der Waals surface area (Å²) in [5.41, 5.74) is 0.977. The largest absolute Gasteiger partial charge is 0.378 e. The average molecular weight is 280 g/mol. The minimum atomic E-state index is 0.593. The van der Waals surface area contributed by atoms with Gasteiger partial charge in [0.25, 0.3) is 0 Å². The van der Waals surface area contributed by atoms with Crippen LogP contribution in [0.2, 0.25) is 0 Å². The third-order valence-electron chi connectivity index (χ3n) is 2.99. The van der Waals surface area contributed by atoms with E-state index in [9.17, 15) is 0 Å². The molecule has 7 nitrogen and oxygen atoms in total. The summed E-state index contributed by atoms with van der Waals surface area (Å²) in [7, 11) is 1.80. The fraction of sp³-hybridized carbons (Fsp3) is 0.545. The van der Waals surface area contributed by atoms with Crippen molar-refractivity contribution in [2.75, 3.05) is 43.6 Å². The number of morpholine rings is 1. The molecule has 3 rings (SSSR count). The summed E-state index contributed by atoms with van der Waals surface area (Å²) < 4.78 is 5.36. The first-order valence-corrected chi connectivity index (χ1v) is 7.00. The van der Waals surface area contributed by atoms with Crippen LogP contribution in [0.15, 0.2) is 0 Å². The van der Waals surface area contributed by atoms with Crippen LogP contribution in [0.25, 0.3) is 10.7 Å². The Labute approximate surface area is 115 Å². The van der Waals surface area contributed by atoms with Crippen molar-refractivity contribution in [1.29, 1.82) is 0 Å². The van der Waals surface area contributed by atoms with Gasteiger partial charge in [-0.25, -0.2) is 4.98 Å². The van der Waals surface area contributed by atoms with E-state index < -0.39 is 0 Å². The minimum Gasteiger partial charge on any atom is -0.378 e. The van der Waals surface area contributed by atoms with Crippen molar-refractivity contribution in [1.82, 2.24) is 20.2 Å². The molecule has 2 N–H and O–H groups in total. The number of rotatable bonds is 3. The van der Waals surface area contributed by atoms with Crippen LogP contribution in [0.1, 0.15) is 5.69 Å². The quantitative estimate of drug-likeness (QED) is 0.877. The number of nitrogens with zero attached hydrogens (tertiary/aromatic N) is 4. The number of anilines is 2. The Morgan fingerprint density at radius 3 is 2.79 bits per heavy atom. The molecule has 0 atom stereocenters. The number of ether oxygens (including phenoxy) is 1. The lowest BCUT2D eigenvalue weighted by Gasteiger charge is -2.25. The van der Waals surface area contributed by atoms with Crippen molar-refractivity contribution >= 4 is 22.4 Å². The van der Waals surface area contributed by atoms with E-state index in [1.807, 2.05) is 6.92 Å². The van der Waals surface area contributed by atoms with Crippen molar-refractivity contribution < 1.29 is 4.74 Å². The number of hydrogen-bond acceptors (Lipinski definition) is 7. The predicted octanol–water partition coefficient (Wildman–Crippen LogP) is 1.11. The van der Waals surface area contributed by atoms with E-state index in [0.717, 1.165) is 47.8 Å². The Balaban J connectivity index is 1.88. The molecule has 2 aromatic rings. The van der Waals surface area contributed by atoms with Crippen LogP contribution in [-0.2, 0) is 4.74 Å². The standard InChI is InChI=1S/C11H16N6OS/c1-7-8(9-14-10(12-2)16-15-9)19-11(13-7)17-3-5-18-6-4-17/h3-6H2,1-2H3,(H2,12,14,15,16). The maximum absolute atomic E-state index is 5.36. The van der Waals surface area contributed by atoms with Gasteiger partial charge in [-0.3, -0.25) is 5.10 Å². The molecule has 0 bridgehead atoms. The van der Waals surface area contributed by atoms with E-state index in [1.165, 1.54) is 0 Å². The Morgan fingerprint density at radius 2 is 2.11 bits per heavy atom. The molecule has 8 heteroatoms. The lowest BCUT2D eigenvalue weighted by Crippen LogP contribution is -2.36. The molecule has 1 fully saturated rings. The van der Waals surface area contributed by atoms with Crippen LogP contribution in [0.4, 0.5) is 11.1 Å². The summed E-state index contributed by atoms with van der Waals surface area (Å²) in [4.78, 5) is 12.3. The molecule has 1 aliphatic heterocycles. The molecular formula is C11H16N6OS. The molecule has 0 amide bonds. The molecule has 0 aromatic carbocycles. The molecule has 0 radical (unpaired) electrons. The highest BCUT2D eigenvalue weighted by molar-refractivity contribution is 7.19. The van der Waals surface area contributed by atoms with Crippen molar-refractivity contribution in [3.63, 3.8) is 0 Å². The first-order valence-electron chi connectivity index (χ1n) is 6.18. The van der Waals surface area contributed by atoms with Crippen LogP contribution in [-0.4, -0.2) is 53.5 Å². The van der Waals surface area contributed by atoms with Gasteiger partial charge in [0.05, 0.1) is 23.8 Å². The topological polar surface area (TPSA) is 79.0 Å². The second kappa shape index (κ2) is 5.14. The van der Waals surface area contributed by atoms with Gasteiger partial charge in [-0.15, -0.1) is 5.10 Å². The SMILES string of the molecule is CNc1n[nH]c(-c2sc(N3CCOCC3)nc2C)n1. The minimum absolute atomic E-state index is 0.593. The van der Waals surface area contributed by atoms with Crippen LogP contribution in [0, 0.1) is 6.92 Å². The Kier molecular flexibility index (Phi) is 3.34. The molecule has 102 valence electrons. The highest BCUT2D eigenvalue weighted by atomic mass is 32.1. The van der Waals surface area contributed by atoms with Gasteiger partial charge in [0, 0.05) is 20.1 Å². The Hall–Kier alpha value is -1.67. The maximum Gasteiger partial charge on any atom is 0.242 e. The van der Waals surface area contributed by atoms with E-state index in [-0.39, 0.29) is 0 Å². The maximum atomic E-state index is 5.36. The number of hydrogen-bond donors (Lipinski definition) is 2. The first kappa shape index (κ1) is 12.4. The number of thiazole rings is 1. The van der Waals surface area contributed by atoms with Crippen LogP contribution in [0.5, 0.6) is 0 Å². The van der Waals surface area contributed by atoms with E-state index >= 15 is 0 Å². The van der Waals surface area contributed by atoms with E-state index in [1.54, 1.807) is 18.4 Å². The fourth-order valence-corrected chi connectivity index (χ4v) is 3.03. The molecular weight excluding hydrogens is 264 g/mol. The second-order valence-electron chi connectivity index (χ2n) is 4.27. The summed E-state index contributed by atoms with van der Waals surface area (Å²) in [6.45, 7) is 5.31. The fourth-order valence-electron chi connectivity index (χ4n) is 1.97. The smallest absolute Gasteiger partial charge is 0.242 e. The number of nitrogens with one attached hydrogen (secondary N) is 2. The zero-order valence-electron chi connectivity index (χ0n) is 10.9. The van der Waals surface area contributed by atoms with Gasteiger partial charge in [-0.1, -0.05) is 11.3 Å². The zero-order valence-corrected chi connectivity index (χ0v) is 11.8. The van der Waals surface area contributed by atoms with Gasteiger partial charge < -0.3 is 15.0 Å². The van der Waals surface area contributed by atoms with Crippen molar-refractivity contribution in [2.24, 2.45) is 0 Å². The Bertz CT molecular complexity index is 559. The highest BCUT2D eigenvalue weighted by Gasteiger charge is 2.19. The summed E-state index contributed by atoms with van der Waals surface area (Å²) in [5.74, 6) is 1.36. The van der Waals surface area contributed by atoms with Gasteiger partial charge in [-0.2, -0.15) is 4.98 Å². The van der Waals surface area contributed by atoms with E-state index in [0.29, 0.717) is 5.95 Å². The van der Waals surface area contributed by atoms with Crippen molar-refractivity contribution in [3.05, 3.63) is 5.69 Å². The lowest BCUT2D eigenvalue weighted by molar-refractivity contribution is 0.122.